The topological polar surface area (TPSA) is 0 Å². The van der Waals surface area contributed by atoms with E-state index < -0.39 is 0 Å². The zero-order valence-corrected chi connectivity index (χ0v) is 38.1. The van der Waals surface area contributed by atoms with Crippen molar-refractivity contribution in [1.29, 1.82) is 0 Å². The van der Waals surface area contributed by atoms with Gasteiger partial charge < -0.3 is 0 Å². The van der Waals surface area contributed by atoms with Gasteiger partial charge in [-0.1, -0.05) is 111 Å². The van der Waals surface area contributed by atoms with Crippen LogP contribution in [0.2, 0.25) is 0 Å². The quantitative estimate of drug-likeness (QED) is 0.123. The van der Waals surface area contributed by atoms with E-state index in [-0.39, 0.29) is 0 Å². The Morgan fingerprint density at radius 1 is 0.300 bits per heavy atom. The van der Waals surface area contributed by atoms with Crippen LogP contribution in [0.1, 0.15) is 201 Å². The summed E-state index contributed by atoms with van der Waals surface area (Å²) in [5.41, 5.74) is 9.39. The Kier molecular flexibility index (Phi) is 11.2. The Bertz CT molecular complexity index is 1930. The van der Waals surface area contributed by atoms with Crippen LogP contribution in [0.15, 0.2) is 12.1 Å². The van der Waals surface area contributed by atoms with Gasteiger partial charge in [-0.25, -0.2) is 0 Å². The van der Waals surface area contributed by atoms with Crippen molar-refractivity contribution in [3.05, 3.63) is 55.3 Å². The third kappa shape index (κ3) is 6.48. The van der Waals surface area contributed by atoms with Crippen LogP contribution in [0.5, 0.6) is 0 Å². The second-order valence-electron chi connectivity index (χ2n) is 16.8. The van der Waals surface area contributed by atoms with Gasteiger partial charge in [0, 0.05) is 29.3 Å². The maximum atomic E-state index is 2.54. The molecule has 0 aliphatic heterocycles. The summed E-state index contributed by atoms with van der Waals surface area (Å²) in [6.07, 6.45) is 0. The molecule has 0 aliphatic carbocycles. The molecule has 0 radical (unpaired) electrons. The Hall–Kier alpha value is -1.28. The molecule has 0 aromatic carbocycles. The molecule has 6 heterocycles. The van der Waals surface area contributed by atoms with Gasteiger partial charge in [0.15, 0.2) is 0 Å². The summed E-state index contributed by atoms with van der Waals surface area (Å²) in [4.78, 5) is 12.2. The van der Waals surface area contributed by atoms with E-state index in [9.17, 15) is 0 Å². The van der Waals surface area contributed by atoms with Gasteiger partial charge in [-0.3, -0.25) is 0 Å². The molecule has 6 heteroatoms. The zero-order valence-electron chi connectivity index (χ0n) is 33.2. The van der Waals surface area contributed by atoms with Crippen molar-refractivity contribution >= 4 is 86.8 Å². The van der Waals surface area contributed by atoms with Crippen LogP contribution in [0.25, 0.3) is 48.1 Å². The van der Waals surface area contributed by atoms with Crippen LogP contribution >= 0.6 is 68.0 Å². The molecule has 0 saturated carbocycles. The van der Waals surface area contributed by atoms with E-state index >= 15 is 0 Å². The van der Waals surface area contributed by atoms with Crippen molar-refractivity contribution in [3.63, 3.8) is 0 Å². The van der Waals surface area contributed by atoms with E-state index in [1.54, 1.807) is 71.7 Å². The molecule has 0 N–H and O–H groups in total. The summed E-state index contributed by atoms with van der Waals surface area (Å²) in [6, 6.07) is 5.08. The molecule has 0 nitrogen and oxygen atoms in total. The van der Waals surface area contributed by atoms with E-state index in [1.807, 2.05) is 0 Å². The summed E-state index contributed by atoms with van der Waals surface area (Å²) < 4.78 is 6.17. The van der Waals surface area contributed by atoms with Gasteiger partial charge in [0.25, 0.3) is 0 Å². The van der Waals surface area contributed by atoms with Crippen LogP contribution in [-0.2, 0) is 0 Å². The minimum absolute atomic E-state index is 0.460. The van der Waals surface area contributed by atoms with Crippen molar-refractivity contribution in [1.82, 2.24) is 0 Å². The SMILES string of the molecule is CC(C)c1cc(-c2sc3c(C(C)C)c(-c4sc5c(C(C)C)c(-c6cc(C(C)C)c(C(C)C)s6)sc5c4C(C)C)sc3c2C(C)C)sc1C(C)C. The fourth-order valence-electron chi connectivity index (χ4n) is 7.60. The third-order valence-electron chi connectivity index (χ3n) is 10.0. The lowest BCUT2D eigenvalue weighted by Gasteiger charge is -2.12. The van der Waals surface area contributed by atoms with Crippen molar-refractivity contribution in [2.45, 2.75) is 158 Å². The molecule has 0 aliphatic rings. The lowest BCUT2D eigenvalue weighted by atomic mass is 9.96. The average molecular weight is 779 g/mol. The molecular formula is C44H58S6. The monoisotopic (exact) mass is 778 g/mol. The van der Waals surface area contributed by atoms with Gasteiger partial charge in [-0.05, 0) is 92.9 Å². The smallest absolute Gasteiger partial charge is 0.0501 e. The van der Waals surface area contributed by atoms with Crippen LogP contribution in [-0.4, -0.2) is 0 Å². The standard InChI is InChI=1S/C44H58S6/c1-19(2)27-17-29(45-35(27)25(13)14)37-31(21(5)6)39-41(47-37)33(23(9)10)43(49-39)44-34(24(11)12)42-40(50-44)32(22(7)8)38(48-42)30-18-28(20(3)4)36(46-30)26(15)16/h17-26H,1-16H3. The van der Waals surface area contributed by atoms with E-state index in [0.29, 0.717) is 47.3 Å². The molecule has 0 spiro atoms. The van der Waals surface area contributed by atoms with Crippen LogP contribution < -0.4 is 0 Å². The van der Waals surface area contributed by atoms with E-state index in [0.717, 1.165) is 0 Å². The summed E-state index contributed by atoms with van der Waals surface area (Å²) in [5, 5.41) is 0. The highest BCUT2D eigenvalue weighted by atomic mass is 32.1. The summed E-state index contributed by atoms with van der Waals surface area (Å²) in [6.45, 7) is 38.2. The van der Waals surface area contributed by atoms with Crippen LogP contribution in [0.3, 0.4) is 0 Å². The molecule has 6 rings (SSSR count). The molecule has 270 valence electrons. The second-order valence-corrected chi connectivity index (χ2v) is 23.0. The zero-order chi connectivity index (χ0) is 36.7. The number of fused-ring (bicyclic) bond motifs is 2. The molecule has 6 aromatic heterocycles. The Morgan fingerprint density at radius 2 is 0.560 bits per heavy atom. The first-order valence-electron chi connectivity index (χ1n) is 18.9. The fraction of sp³-hybridized carbons (Fsp3) is 0.545. The maximum absolute atomic E-state index is 2.54. The first-order chi connectivity index (χ1) is 23.4. The van der Waals surface area contributed by atoms with Gasteiger partial charge in [0.05, 0.1) is 28.6 Å². The van der Waals surface area contributed by atoms with Crippen molar-refractivity contribution in [2.24, 2.45) is 0 Å². The van der Waals surface area contributed by atoms with Crippen molar-refractivity contribution < 1.29 is 0 Å². The average Bonchev–Trinajstić information content (AvgIpc) is 3.82. The molecule has 0 bridgehead atoms. The lowest BCUT2D eigenvalue weighted by molar-refractivity contribution is 0.810. The van der Waals surface area contributed by atoms with Crippen molar-refractivity contribution in [3.8, 4) is 29.3 Å². The molecule has 6 aromatic rings. The maximum Gasteiger partial charge on any atom is 0.0501 e. The highest BCUT2D eigenvalue weighted by Gasteiger charge is 2.32. The largest absolute Gasteiger partial charge is 0.139 e. The van der Waals surface area contributed by atoms with Crippen LogP contribution in [0.4, 0.5) is 0 Å². The fourth-order valence-corrected chi connectivity index (χ4v) is 17.6. The molecule has 0 amide bonds. The lowest BCUT2D eigenvalue weighted by Crippen LogP contribution is -1.92. The minimum atomic E-state index is 0.460. The van der Waals surface area contributed by atoms with E-state index in [1.165, 1.54) is 19.5 Å². The Labute approximate surface area is 327 Å². The summed E-state index contributed by atoms with van der Waals surface area (Å²) in [7, 11) is 0. The first kappa shape index (κ1) is 38.4. The Balaban J connectivity index is 1.60. The number of rotatable bonds is 11. The predicted octanol–water partition coefficient (Wildman–Crippen LogP) is 18.4. The highest BCUT2D eigenvalue weighted by Crippen LogP contribution is 2.59. The predicted molar refractivity (Wildman–Crippen MR) is 238 cm³/mol. The van der Waals surface area contributed by atoms with E-state index in [4.69, 9.17) is 0 Å². The normalized spacial score (nSPS) is 13.0. The van der Waals surface area contributed by atoms with Crippen LogP contribution in [0, 0.1) is 0 Å². The third-order valence-corrected chi connectivity index (χ3v) is 18.7. The molecule has 0 atom stereocenters. The number of hydrogen-bond acceptors (Lipinski definition) is 6. The number of thiophene rings is 6. The molecule has 50 heavy (non-hydrogen) atoms. The second kappa shape index (κ2) is 14.5. The summed E-state index contributed by atoms with van der Waals surface area (Å²) >= 11 is 12.5. The van der Waals surface area contributed by atoms with Gasteiger partial charge in [0.2, 0.25) is 0 Å². The van der Waals surface area contributed by atoms with Gasteiger partial charge in [-0.2, -0.15) is 0 Å². The molecular weight excluding hydrogens is 721 g/mol. The summed E-state index contributed by atoms with van der Waals surface area (Å²) in [5.74, 6) is 4.07. The molecule has 0 unspecified atom stereocenters. The molecule has 0 fully saturated rings. The van der Waals surface area contributed by atoms with Crippen molar-refractivity contribution in [2.75, 3.05) is 0 Å². The van der Waals surface area contributed by atoms with E-state index in [2.05, 4.69) is 191 Å². The number of hydrogen-bond donors (Lipinski definition) is 0. The first-order valence-corrected chi connectivity index (χ1v) is 23.8. The van der Waals surface area contributed by atoms with Gasteiger partial charge >= 0.3 is 0 Å². The van der Waals surface area contributed by atoms with Gasteiger partial charge in [-0.15, -0.1) is 68.0 Å². The van der Waals surface area contributed by atoms with Gasteiger partial charge in [0.1, 0.15) is 0 Å². The molecule has 0 saturated heterocycles. The Morgan fingerprint density at radius 3 is 0.780 bits per heavy atom. The minimum Gasteiger partial charge on any atom is -0.139 e. The highest BCUT2D eigenvalue weighted by molar-refractivity contribution is 7.36.